The van der Waals surface area contributed by atoms with E-state index in [-0.39, 0.29) is 5.82 Å². The number of hydrogen-bond donors (Lipinski definition) is 0. The highest BCUT2D eigenvalue weighted by molar-refractivity contribution is 5.50. The zero-order valence-electron chi connectivity index (χ0n) is 8.53. The van der Waals surface area contributed by atoms with Crippen molar-refractivity contribution in [3.05, 3.63) is 30.1 Å². The average molecular weight is 207 g/mol. The van der Waals surface area contributed by atoms with E-state index >= 15 is 0 Å². The second-order valence-electron chi connectivity index (χ2n) is 4.31. The summed E-state index contributed by atoms with van der Waals surface area (Å²) in [5, 5.41) is 0. The van der Waals surface area contributed by atoms with Gasteiger partial charge in [-0.05, 0) is 37.1 Å². The summed E-state index contributed by atoms with van der Waals surface area (Å²) >= 11 is 0. The molecule has 1 aromatic rings. The lowest BCUT2D eigenvalue weighted by atomic mass is 10.2. The molecule has 2 aliphatic heterocycles. The van der Waals surface area contributed by atoms with Gasteiger partial charge in [0.1, 0.15) is 5.82 Å². The van der Waals surface area contributed by atoms with Gasteiger partial charge in [-0.1, -0.05) is 0 Å². The summed E-state index contributed by atoms with van der Waals surface area (Å²) in [5.41, 5.74) is 1.13. The Bertz CT molecular complexity index is 335. The van der Waals surface area contributed by atoms with Gasteiger partial charge in [0.25, 0.3) is 0 Å². The minimum atomic E-state index is -0.167. The van der Waals surface area contributed by atoms with Crippen molar-refractivity contribution in [1.29, 1.82) is 0 Å². The number of fused-ring (bicyclic) bond motifs is 2. The number of nitrogens with zero attached hydrogens (tertiary/aromatic N) is 1. The van der Waals surface area contributed by atoms with Crippen LogP contribution in [0.5, 0.6) is 0 Å². The summed E-state index contributed by atoms with van der Waals surface area (Å²) in [4.78, 5) is 2.39. The topological polar surface area (TPSA) is 12.5 Å². The monoisotopic (exact) mass is 207 g/mol. The Morgan fingerprint density at radius 2 is 1.67 bits per heavy atom. The molecule has 15 heavy (non-hydrogen) atoms. The van der Waals surface area contributed by atoms with E-state index in [0.717, 1.165) is 18.9 Å². The van der Waals surface area contributed by atoms with Crippen molar-refractivity contribution in [3.8, 4) is 0 Å². The summed E-state index contributed by atoms with van der Waals surface area (Å²) in [7, 11) is 0. The SMILES string of the molecule is Fc1ccc(N2C3CCC2COC3)cc1. The van der Waals surface area contributed by atoms with E-state index in [4.69, 9.17) is 4.74 Å². The fourth-order valence-electron chi connectivity index (χ4n) is 2.66. The predicted molar refractivity (Wildman–Crippen MR) is 56.5 cm³/mol. The first kappa shape index (κ1) is 9.16. The van der Waals surface area contributed by atoms with Crippen molar-refractivity contribution in [2.45, 2.75) is 24.9 Å². The Morgan fingerprint density at radius 3 is 2.27 bits per heavy atom. The van der Waals surface area contributed by atoms with Crippen LogP contribution in [0.25, 0.3) is 0 Å². The zero-order chi connectivity index (χ0) is 10.3. The molecule has 2 nitrogen and oxygen atoms in total. The molecule has 0 N–H and O–H groups in total. The van der Waals surface area contributed by atoms with E-state index < -0.39 is 0 Å². The first-order valence-corrected chi connectivity index (χ1v) is 5.46. The number of rotatable bonds is 1. The maximum atomic E-state index is 12.8. The van der Waals surface area contributed by atoms with Crippen LogP contribution in [0.3, 0.4) is 0 Å². The third-order valence-corrected chi connectivity index (χ3v) is 3.37. The number of ether oxygens (including phenoxy) is 1. The van der Waals surface area contributed by atoms with Crippen molar-refractivity contribution in [3.63, 3.8) is 0 Å². The highest BCUT2D eigenvalue weighted by Crippen LogP contribution is 2.33. The lowest BCUT2D eigenvalue weighted by molar-refractivity contribution is 0.0906. The minimum Gasteiger partial charge on any atom is -0.377 e. The van der Waals surface area contributed by atoms with Gasteiger partial charge < -0.3 is 9.64 Å². The van der Waals surface area contributed by atoms with Gasteiger partial charge in [-0.2, -0.15) is 0 Å². The number of benzene rings is 1. The van der Waals surface area contributed by atoms with Gasteiger partial charge in [0.2, 0.25) is 0 Å². The molecule has 2 heterocycles. The normalized spacial score (nSPS) is 29.5. The Hall–Kier alpha value is -1.09. The summed E-state index contributed by atoms with van der Waals surface area (Å²) in [6.45, 7) is 1.63. The van der Waals surface area contributed by atoms with Crippen LogP contribution in [0.2, 0.25) is 0 Å². The number of anilines is 1. The zero-order valence-corrected chi connectivity index (χ0v) is 8.53. The maximum absolute atomic E-state index is 12.8. The summed E-state index contributed by atoms with van der Waals surface area (Å²) in [6, 6.07) is 7.79. The largest absolute Gasteiger partial charge is 0.377 e. The quantitative estimate of drug-likeness (QED) is 0.700. The molecule has 0 amide bonds. The Labute approximate surface area is 88.6 Å². The molecule has 3 heteroatoms. The van der Waals surface area contributed by atoms with Gasteiger partial charge in [0, 0.05) is 5.69 Å². The molecule has 0 radical (unpaired) electrons. The Morgan fingerprint density at radius 1 is 1.07 bits per heavy atom. The highest BCUT2D eigenvalue weighted by Gasteiger charge is 2.37. The molecule has 1 aromatic carbocycles. The Balaban J connectivity index is 1.90. The van der Waals surface area contributed by atoms with Crippen molar-refractivity contribution in [2.24, 2.45) is 0 Å². The highest BCUT2D eigenvalue weighted by atomic mass is 19.1. The summed E-state index contributed by atoms with van der Waals surface area (Å²) in [6.07, 6.45) is 2.39. The second kappa shape index (κ2) is 3.49. The van der Waals surface area contributed by atoms with Crippen LogP contribution >= 0.6 is 0 Å². The van der Waals surface area contributed by atoms with Crippen LogP contribution in [-0.2, 0) is 4.74 Å². The lowest BCUT2D eigenvalue weighted by Crippen LogP contribution is -2.45. The van der Waals surface area contributed by atoms with Crippen molar-refractivity contribution in [2.75, 3.05) is 18.1 Å². The molecule has 2 fully saturated rings. The molecular weight excluding hydrogens is 193 g/mol. The standard InChI is InChI=1S/C12H14FNO/c13-9-1-3-10(4-2-9)14-11-5-6-12(14)8-15-7-11/h1-4,11-12H,5-8H2. The first-order chi connectivity index (χ1) is 7.34. The molecule has 2 unspecified atom stereocenters. The van der Waals surface area contributed by atoms with Gasteiger partial charge in [-0.15, -0.1) is 0 Å². The van der Waals surface area contributed by atoms with Crippen LogP contribution in [0.15, 0.2) is 24.3 Å². The molecule has 2 saturated heterocycles. The van der Waals surface area contributed by atoms with Gasteiger partial charge >= 0.3 is 0 Å². The number of morpholine rings is 1. The molecule has 0 saturated carbocycles. The number of halogens is 1. The number of hydrogen-bond acceptors (Lipinski definition) is 2. The van der Waals surface area contributed by atoms with E-state index in [0.29, 0.717) is 12.1 Å². The van der Waals surface area contributed by atoms with E-state index in [1.54, 1.807) is 0 Å². The third-order valence-electron chi connectivity index (χ3n) is 3.37. The Kier molecular flexibility index (Phi) is 2.13. The molecule has 2 aliphatic rings. The van der Waals surface area contributed by atoms with Crippen molar-refractivity contribution < 1.29 is 9.13 Å². The van der Waals surface area contributed by atoms with Crippen molar-refractivity contribution in [1.82, 2.24) is 0 Å². The molecule has 2 bridgehead atoms. The van der Waals surface area contributed by atoms with Gasteiger partial charge in [-0.3, -0.25) is 0 Å². The molecule has 0 spiro atoms. The minimum absolute atomic E-state index is 0.167. The summed E-state index contributed by atoms with van der Waals surface area (Å²) in [5.74, 6) is -0.167. The van der Waals surface area contributed by atoms with Gasteiger partial charge in [0.05, 0.1) is 25.3 Å². The molecule has 0 aliphatic carbocycles. The van der Waals surface area contributed by atoms with E-state index in [9.17, 15) is 4.39 Å². The maximum Gasteiger partial charge on any atom is 0.123 e. The van der Waals surface area contributed by atoms with E-state index in [1.165, 1.54) is 25.0 Å². The van der Waals surface area contributed by atoms with Crippen LogP contribution in [0.1, 0.15) is 12.8 Å². The molecule has 2 atom stereocenters. The average Bonchev–Trinajstić information content (AvgIpc) is 2.51. The van der Waals surface area contributed by atoms with Gasteiger partial charge in [0.15, 0.2) is 0 Å². The van der Waals surface area contributed by atoms with E-state index in [2.05, 4.69) is 4.90 Å². The molecular formula is C12H14FNO. The third kappa shape index (κ3) is 1.51. The second-order valence-corrected chi connectivity index (χ2v) is 4.31. The van der Waals surface area contributed by atoms with Crippen LogP contribution in [-0.4, -0.2) is 25.3 Å². The van der Waals surface area contributed by atoms with Crippen LogP contribution in [0.4, 0.5) is 10.1 Å². The van der Waals surface area contributed by atoms with Crippen LogP contribution < -0.4 is 4.90 Å². The fraction of sp³-hybridized carbons (Fsp3) is 0.500. The van der Waals surface area contributed by atoms with E-state index in [1.807, 2.05) is 12.1 Å². The van der Waals surface area contributed by atoms with Crippen molar-refractivity contribution >= 4 is 5.69 Å². The van der Waals surface area contributed by atoms with Crippen LogP contribution in [0, 0.1) is 5.82 Å². The van der Waals surface area contributed by atoms with Gasteiger partial charge in [-0.25, -0.2) is 4.39 Å². The molecule has 3 rings (SSSR count). The summed E-state index contributed by atoms with van der Waals surface area (Å²) < 4.78 is 18.3. The molecule has 0 aromatic heterocycles. The predicted octanol–water partition coefficient (Wildman–Crippen LogP) is 2.19. The fourth-order valence-corrected chi connectivity index (χ4v) is 2.66. The smallest absolute Gasteiger partial charge is 0.123 e. The lowest BCUT2D eigenvalue weighted by Gasteiger charge is -2.36. The molecule has 80 valence electrons. The first-order valence-electron chi connectivity index (χ1n) is 5.46.